The van der Waals surface area contributed by atoms with Gasteiger partial charge in [0.2, 0.25) is 0 Å². The zero-order valence-electron chi connectivity index (χ0n) is 15.8. The summed E-state index contributed by atoms with van der Waals surface area (Å²) in [7, 11) is 0. The highest BCUT2D eigenvalue weighted by atomic mass is 19.1. The molecule has 0 aliphatic rings. The van der Waals surface area contributed by atoms with E-state index in [1.165, 1.54) is 6.07 Å². The molecule has 0 bridgehead atoms. The Morgan fingerprint density at radius 3 is 2.71 bits per heavy atom. The predicted octanol–water partition coefficient (Wildman–Crippen LogP) is 3.99. The molecule has 0 amide bonds. The van der Waals surface area contributed by atoms with Crippen molar-refractivity contribution in [2.75, 3.05) is 5.32 Å². The maximum Gasteiger partial charge on any atom is 0.303 e. The highest BCUT2D eigenvalue weighted by Crippen LogP contribution is 2.30. The van der Waals surface area contributed by atoms with Crippen molar-refractivity contribution >= 4 is 22.8 Å². The van der Waals surface area contributed by atoms with Crippen molar-refractivity contribution in [1.29, 1.82) is 0 Å². The Labute approximate surface area is 160 Å². The van der Waals surface area contributed by atoms with Crippen LogP contribution in [0.1, 0.15) is 33.6 Å². The number of rotatable bonds is 6. The molecule has 7 nitrogen and oxygen atoms in total. The lowest BCUT2D eigenvalue weighted by atomic mass is 9.84. The Balaban J connectivity index is 1.96. The molecule has 148 valence electrons. The molecule has 0 saturated carbocycles. The van der Waals surface area contributed by atoms with E-state index in [0.29, 0.717) is 23.0 Å². The fourth-order valence-corrected chi connectivity index (χ4v) is 2.92. The van der Waals surface area contributed by atoms with Crippen LogP contribution in [-0.2, 0) is 4.79 Å². The van der Waals surface area contributed by atoms with Gasteiger partial charge in [0.05, 0.1) is 12.4 Å². The number of nitrogens with one attached hydrogen (secondary N) is 2. The number of halogens is 2. The minimum Gasteiger partial charge on any atom is -0.481 e. The quantitative estimate of drug-likeness (QED) is 0.589. The Bertz CT molecular complexity index is 1010. The van der Waals surface area contributed by atoms with Crippen LogP contribution in [0.15, 0.2) is 24.7 Å². The average Bonchev–Trinajstić information content (AvgIpc) is 3.01. The van der Waals surface area contributed by atoms with Gasteiger partial charge in [-0.05, 0) is 17.9 Å². The van der Waals surface area contributed by atoms with Crippen LogP contribution in [0, 0.1) is 17.0 Å². The number of pyridine rings is 1. The van der Waals surface area contributed by atoms with Crippen LogP contribution >= 0.6 is 0 Å². The van der Waals surface area contributed by atoms with Crippen molar-refractivity contribution in [2.24, 2.45) is 5.41 Å². The highest BCUT2D eigenvalue weighted by molar-refractivity contribution is 5.91. The van der Waals surface area contributed by atoms with Crippen LogP contribution in [-0.4, -0.2) is 37.1 Å². The first-order valence-electron chi connectivity index (χ1n) is 8.79. The molecule has 0 aliphatic heterocycles. The summed E-state index contributed by atoms with van der Waals surface area (Å²) >= 11 is 0. The third-order valence-corrected chi connectivity index (χ3v) is 4.49. The fraction of sp³-hybridized carbons (Fsp3) is 0.368. The van der Waals surface area contributed by atoms with Crippen molar-refractivity contribution in [2.45, 2.75) is 39.7 Å². The molecular formula is C19H21F2N5O2. The molecule has 1 atom stereocenters. The van der Waals surface area contributed by atoms with E-state index >= 15 is 0 Å². The van der Waals surface area contributed by atoms with Gasteiger partial charge in [0.1, 0.15) is 11.5 Å². The number of aromatic nitrogens is 4. The van der Waals surface area contributed by atoms with Crippen LogP contribution in [0.25, 0.3) is 22.4 Å². The zero-order valence-corrected chi connectivity index (χ0v) is 15.8. The van der Waals surface area contributed by atoms with E-state index < -0.39 is 17.6 Å². The maximum absolute atomic E-state index is 14.4. The van der Waals surface area contributed by atoms with E-state index in [9.17, 15) is 13.6 Å². The number of fused-ring (bicyclic) bond motifs is 1. The number of hydrogen-bond acceptors (Lipinski definition) is 5. The molecule has 0 saturated heterocycles. The third-order valence-electron chi connectivity index (χ3n) is 4.49. The standard InChI is InChI=1S/C19H21F2N5O2/c1-19(2,3)14(4-5-15(27)28)25-18-13(21)9-24-17(26-18)12-8-23-16-11(12)6-10(20)7-22-16/h6-9,14H,4-5H2,1-3H3,(H,22,23)(H,27,28)(H,24,25,26)/t14-/m0/s1. The lowest BCUT2D eigenvalue weighted by molar-refractivity contribution is -0.137. The van der Waals surface area contributed by atoms with Gasteiger partial charge in [-0.3, -0.25) is 4.79 Å². The second-order valence-electron chi connectivity index (χ2n) is 7.64. The normalized spacial score (nSPS) is 12.9. The number of H-pyrrole nitrogens is 1. The van der Waals surface area contributed by atoms with E-state index in [1.54, 1.807) is 6.20 Å². The molecule has 3 N–H and O–H groups in total. The summed E-state index contributed by atoms with van der Waals surface area (Å²) in [4.78, 5) is 26.1. The zero-order chi connectivity index (χ0) is 20.5. The first-order valence-corrected chi connectivity index (χ1v) is 8.79. The molecule has 3 aromatic rings. The first-order chi connectivity index (χ1) is 13.1. The first kappa shape index (κ1) is 19.7. The number of nitrogens with zero attached hydrogens (tertiary/aromatic N) is 3. The lowest BCUT2D eigenvalue weighted by Gasteiger charge is -2.31. The van der Waals surface area contributed by atoms with Crippen LogP contribution in [0.4, 0.5) is 14.6 Å². The third kappa shape index (κ3) is 4.24. The van der Waals surface area contributed by atoms with E-state index in [0.717, 1.165) is 12.4 Å². The van der Waals surface area contributed by atoms with Crippen LogP contribution in [0.5, 0.6) is 0 Å². The Morgan fingerprint density at radius 1 is 1.29 bits per heavy atom. The number of carboxylic acid groups (broad SMARTS) is 1. The number of carboxylic acids is 1. The molecule has 0 spiro atoms. The number of aromatic amines is 1. The van der Waals surface area contributed by atoms with Crippen molar-refractivity contribution in [3.63, 3.8) is 0 Å². The number of aliphatic carboxylic acids is 1. The second-order valence-corrected chi connectivity index (χ2v) is 7.64. The van der Waals surface area contributed by atoms with Gasteiger partial charge in [-0.25, -0.2) is 23.7 Å². The molecule has 3 rings (SSSR count). The molecule has 0 aromatic carbocycles. The van der Waals surface area contributed by atoms with Gasteiger partial charge in [-0.1, -0.05) is 20.8 Å². The average molecular weight is 389 g/mol. The van der Waals surface area contributed by atoms with Crippen LogP contribution in [0.2, 0.25) is 0 Å². The summed E-state index contributed by atoms with van der Waals surface area (Å²) in [5, 5.41) is 12.5. The second kappa shape index (κ2) is 7.49. The SMILES string of the molecule is CC(C)(C)[C@H](CCC(=O)O)Nc1nc(-c2c[nH]c3ncc(F)cc23)ncc1F. The molecule has 28 heavy (non-hydrogen) atoms. The Kier molecular flexibility index (Phi) is 5.26. The van der Waals surface area contributed by atoms with Gasteiger partial charge in [-0.15, -0.1) is 0 Å². The molecule has 9 heteroatoms. The minimum absolute atomic E-state index is 0.0333. The Hall–Kier alpha value is -3.10. The molecule has 0 radical (unpaired) electrons. The number of carbonyl (C=O) groups is 1. The van der Waals surface area contributed by atoms with Crippen LogP contribution < -0.4 is 5.32 Å². The van der Waals surface area contributed by atoms with Crippen molar-refractivity contribution < 1.29 is 18.7 Å². The van der Waals surface area contributed by atoms with Gasteiger partial charge < -0.3 is 15.4 Å². The lowest BCUT2D eigenvalue weighted by Crippen LogP contribution is -2.35. The van der Waals surface area contributed by atoms with E-state index in [-0.39, 0.29) is 29.5 Å². The maximum atomic E-state index is 14.4. The van der Waals surface area contributed by atoms with Crippen LogP contribution in [0.3, 0.4) is 0 Å². The molecule has 3 aromatic heterocycles. The van der Waals surface area contributed by atoms with Crippen molar-refractivity contribution in [3.05, 3.63) is 36.3 Å². The minimum atomic E-state index is -0.923. The predicted molar refractivity (Wildman–Crippen MR) is 101 cm³/mol. The van der Waals surface area contributed by atoms with Gasteiger partial charge in [-0.2, -0.15) is 0 Å². The summed E-state index contributed by atoms with van der Waals surface area (Å²) in [5.74, 6) is -1.91. The molecule has 3 heterocycles. The molecular weight excluding hydrogens is 368 g/mol. The molecule has 0 aliphatic carbocycles. The number of hydrogen-bond donors (Lipinski definition) is 3. The van der Waals surface area contributed by atoms with Gasteiger partial charge in [0.15, 0.2) is 17.5 Å². The summed E-state index contributed by atoms with van der Waals surface area (Å²) in [5.41, 5.74) is 0.622. The molecule has 0 unspecified atom stereocenters. The summed E-state index contributed by atoms with van der Waals surface area (Å²) in [6.45, 7) is 5.79. The van der Waals surface area contributed by atoms with Gasteiger partial charge in [0, 0.05) is 29.6 Å². The van der Waals surface area contributed by atoms with Crippen molar-refractivity contribution in [1.82, 2.24) is 19.9 Å². The van der Waals surface area contributed by atoms with E-state index in [4.69, 9.17) is 5.11 Å². The Morgan fingerprint density at radius 2 is 2.04 bits per heavy atom. The summed E-state index contributed by atoms with van der Waals surface area (Å²) in [6, 6.07) is 0.974. The molecule has 0 fully saturated rings. The fourth-order valence-electron chi connectivity index (χ4n) is 2.92. The smallest absolute Gasteiger partial charge is 0.303 e. The van der Waals surface area contributed by atoms with Gasteiger partial charge in [0.25, 0.3) is 0 Å². The highest BCUT2D eigenvalue weighted by Gasteiger charge is 2.27. The van der Waals surface area contributed by atoms with E-state index in [2.05, 4.69) is 25.3 Å². The summed E-state index contributed by atoms with van der Waals surface area (Å²) in [6.07, 6.45) is 3.96. The van der Waals surface area contributed by atoms with E-state index in [1.807, 2.05) is 20.8 Å². The number of anilines is 1. The largest absolute Gasteiger partial charge is 0.481 e. The topological polar surface area (TPSA) is 104 Å². The summed E-state index contributed by atoms with van der Waals surface area (Å²) < 4.78 is 27.9. The monoisotopic (exact) mass is 389 g/mol. The van der Waals surface area contributed by atoms with Gasteiger partial charge >= 0.3 is 5.97 Å². The van der Waals surface area contributed by atoms with Crippen molar-refractivity contribution in [3.8, 4) is 11.4 Å².